The second-order valence-corrected chi connectivity index (χ2v) is 8.37. The molecule has 1 fully saturated rings. The second-order valence-electron chi connectivity index (χ2n) is 7.30. The molecule has 0 amide bonds. The molecule has 0 spiro atoms. The Labute approximate surface area is 174 Å². The molecule has 7 heteroatoms. The molecule has 2 heterocycles. The zero-order valence-corrected chi connectivity index (χ0v) is 19.4. The lowest BCUT2D eigenvalue weighted by atomic mass is 9.97. The second kappa shape index (κ2) is 11.3. The number of halogens is 1. The number of hydrogen-bond donors (Lipinski definition) is 1. The number of aliphatic imine (C=N–C) groups is 1. The summed E-state index contributed by atoms with van der Waals surface area (Å²) in [5.74, 6) is 2.42. The quantitative estimate of drug-likeness (QED) is 0.386. The largest absolute Gasteiger partial charge is 0.356 e. The number of guanidine groups is 1. The third-order valence-electron chi connectivity index (χ3n) is 4.41. The number of hydrogen-bond acceptors (Lipinski definition) is 4. The van der Waals surface area contributed by atoms with Gasteiger partial charge in [0.1, 0.15) is 0 Å². The van der Waals surface area contributed by atoms with E-state index < -0.39 is 0 Å². The molecule has 0 saturated carbocycles. The molecule has 1 aromatic heterocycles. The van der Waals surface area contributed by atoms with E-state index in [2.05, 4.69) is 51.4 Å². The Balaban J connectivity index is 0.00000312. The van der Waals surface area contributed by atoms with Crippen molar-refractivity contribution in [2.75, 3.05) is 40.3 Å². The third-order valence-corrected chi connectivity index (χ3v) is 5.24. The number of nitrogens with one attached hydrogen (secondary N) is 1. The van der Waals surface area contributed by atoms with Crippen molar-refractivity contribution >= 4 is 41.3 Å². The minimum atomic E-state index is 0. The number of aromatic nitrogens is 1. The van der Waals surface area contributed by atoms with E-state index in [0.29, 0.717) is 5.92 Å². The van der Waals surface area contributed by atoms with Gasteiger partial charge in [-0.1, -0.05) is 13.8 Å². The third kappa shape index (κ3) is 7.78. The summed E-state index contributed by atoms with van der Waals surface area (Å²) in [5, 5.41) is 6.81. The summed E-state index contributed by atoms with van der Waals surface area (Å²) in [4.78, 5) is 13.8. The van der Waals surface area contributed by atoms with Crippen LogP contribution in [-0.2, 0) is 6.54 Å². The van der Waals surface area contributed by atoms with Gasteiger partial charge in [0.25, 0.3) is 0 Å². The molecule has 144 valence electrons. The van der Waals surface area contributed by atoms with E-state index in [0.717, 1.165) is 35.7 Å². The van der Waals surface area contributed by atoms with Gasteiger partial charge in [-0.25, -0.2) is 4.98 Å². The van der Waals surface area contributed by atoms with Crippen molar-refractivity contribution in [1.29, 1.82) is 0 Å². The fourth-order valence-electron chi connectivity index (χ4n) is 3.42. The van der Waals surface area contributed by atoms with E-state index in [1.165, 1.54) is 32.5 Å². The van der Waals surface area contributed by atoms with Gasteiger partial charge in [-0.05, 0) is 38.1 Å². The van der Waals surface area contributed by atoms with Crippen LogP contribution in [0.15, 0.2) is 10.4 Å². The molecule has 1 unspecified atom stereocenters. The fourth-order valence-corrected chi connectivity index (χ4v) is 4.02. The summed E-state index contributed by atoms with van der Waals surface area (Å²) in [7, 11) is 3.94. The van der Waals surface area contributed by atoms with Crippen LogP contribution in [0.25, 0.3) is 0 Å². The Morgan fingerprint density at radius 2 is 2.28 bits per heavy atom. The number of rotatable bonds is 6. The van der Waals surface area contributed by atoms with E-state index in [1.54, 1.807) is 11.3 Å². The lowest BCUT2D eigenvalue weighted by Gasteiger charge is -2.34. The lowest BCUT2D eigenvalue weighted by molar-refractivity contribution is 0.159. The van der Waals surface area contributed by atoms with Gasteiger partial charge in [0.15, 0.2) is 5.96 Å². The molecule has 1 aliphatic heterocycles. The molecule has 0 bridgehead atoms. The van der Waals surface area contributed by atoms with Crippen LogP contribution >= 0.6 is 35.3 Å². The number of piperidine rings is 1. The summed E-state index contributed by atoms with van der Waals surface area (Å²) in [6, 6.07) is 0. The van der Waals surface area contributed by atoms with Gasteiger partial charge in [0.05, 0.1) is 17.2 Å². The van der Waals surface area contributed by atoms with Crippen molar-refractivity contribution in [3.63, 3.8) is 0 Å². The Bertz CT molecular complexity index is 531. The first kappa shape index (κ1) is 22.6. The summed E-state index contributed by atoms with van der Waals surface area (Å²) >= 11 is 1.70. The van der Waals surface area contributed by atoms with Crippen molar-refractivity contribution in [3.05, 3.63) is 16.1 Å². The zero-order valence-electron chi connectivity index (χ0n) is 16.3. The molecule has 1 aliphatic rings. The number of thiazole rings is 1. The van der Waals surface area contributed by atoms with Gasteiger partial charge in [0.2, 0.25) is 0 Å². The van der Waals surface area contributed by atoms with Gasteiger partial charge in [-0.15, -0.1) is 35.3 Å². The van der Waals surface area contributed by atoms with Crippen molar-refractivity contribution in [2.45, 2.75) is 40.2 Å². The highest BCUT2D eigenvalue weighted by molar-refractivity contribution is 14.0. The SMILES string of the molecule is CN=C(NCC1CCCN(CC(C)C)C1)N(C)Cc1csc(C)n1.I. The Hall–Kier alpha value is -0.410. The number of nitrogens with zero attached hydrogens (tertiary/aromatic N) is 4. The van der Waals surface area contributed by atoms with E-state index in [1.807, 2.05) is 14.0 Å². The van der Waals surface area contributed by atoms with Crippen LogP contribution in [0.4, 0.5) is 0 Å². The monoisotopic (exact) mass is 479 g/mol. The first-order chi connectivity index (χ1) is 11.5. The van der Waals surface area contributed by atoms with Crippen LogP contribution in [0.2, 0.25) is 0 Å². The first-order valence-corrected chi connectivity index (χ1v) is 9.91. The maximum absolute atomic E-state index is 4.54. The average Bonchev–Trinajstić information content (AvgIpc) is 2.92. The topological polar surface area (TPSA) is 43.8 Å². The van der Waals surface area contributed by atoms with Crippen molar-refractivity contribution < 1.29 is 0 Å². The molecule has 0 aliphatic carbocycles. The molecular weight excluding hydrogens is 445 g/mol. The molecule has 25 heavy (non-hydrogen) atoms. The number of likely N-dealkylation sites (tertiary alicyclic amines) is 1. The van der Waals surface area contributed by atoms with Gasteiger partial charge in [-0.2, -0.15) is 0 Å². The summed E-state index contributed by atoms with van der Waals surface area (Å²) in [5.41, 5.74) is 1.11. The summed E-state index contributed by atoms with van der Waals surface area (Å²) < 4.78 is 0. The summed E-state index contributed by atoms with van der Waals surface area (Å²) in [6.07, 6.45) is 2.62. The zero-order chi connectivity index (χ0) is 17.5. The minimum absolute atomic E-state index is 0. The highest BCUT2D eigenvalue weighted by Gasteiger charge is 2.21. The predicted molar refractivity (Wildman–Crippen MR) is 119 cm³/mol. The Kier molecular flexibility index (Phi) is 10.3. The standard InChI is InChI=1S/C18H33N5S.HI/c1-14(2)10-23-8-6-7-16(11-23)9-20-18(19-4)22(5)12-17-13-24-15(3)21-17;/h13-14,16H,6-12H2,1-5H3,(H,19,20);1H. The maximum Gasteiger partial charge on any atom is 0.193 e. The van der Waals surface area contributed by atoms with Crippen molar-refractivity contribution in [1.82, 2.24) is 20.1 Å². The molecule has 0 aromatic carbocycles. The normalized spacial score (nSPS) is 19.0. The summed E-state index contributed by atoms with van der Waals surface area (Å²) in [6.45, 7) is 12.1. The molecule has 1 atom stereocenters. The predicted octanol–water partition coefficient (Wildman–Crippen LogP) is 3.44. The van der Waals surface area contributed by atoms with E-state index in [-0.39, 0.29) is 24.0 Å². The Morgan fingerprint density at radius 3 is 2.88 bits per heavy atom. The molecule has 5 nitrogen and oxygen atoms in total. The van der Waals surface area contributed by atoms with Crippen LogP contribution in [0.5, 0.6) is 0 Å². The highest BCUT2D eigenvalue weighted by Crippen LogP contribution is 2.17. The first-order valence-electron chi connectivity index (χ1n) is 9.03. The Morgan fingerprint density at radius 1 is 1.52 bits per heavy atom. The molecule has 1 aromatic rings. The van der Waals surface area contributed by atoms with E-state index >= 15 is 0 Å². The van der Waals surface area contributed by atoms with E-state index in [4.69, 9.17) is 0 Å². The molecule has 0 radical (unpaired) electrons. The number of aryl methyl sites for hydroxylation is 1. The van der Waals surface area contributed by atoms with Gasteiger partial charge >= 0.3 is 0 Å². The molecule has 1 N–H and O–H groups in total. The van der Waals surface area contributed by atoms with Gasteiger partial charge in [-0.3, -0.25) is 4.99 Å². The van der Waals surface area contributed by atoms with Crippen LogP contribution in [0.3, 0.4) is 0 Å². The van der Waals surface area contributed by atoms with Crippen LogP contribution in [0.1, 0.15) is 37.4 Å². The van der Waals surface area contributed by atoms with Crippen LogP contribution in [0, 0.1) is 18.8 Å². The molecule has 1 saturated heterocycles. The fraction of sp³-hybridized carbons (Fsp3) is 0.778. The van der Waals surface area contributed by atoms with Gasteiger partial charge in [0, 0.05) is 39.1 Å². The lowest BCUT2D eigenvalue weighted by Crippen LogP contribution is -2.45. The molecular formula is C18H34IN5S. The van der Waals surface area contributed by atoms with Crippen molar-refractivity contribution in [3.8, 4) is 0 Å². The minimum Gasteiger partial charge on any atom is -0.356 e. The van der Waals surface area contributed by atoms with E-state index in [9.17, 15) is 0 Å². The maximum atomic E-state index is 4.54. The van der Waals surface area contributed by atoms with Crippen molar-refractivity contribution in [2.24, 2.45) is 16.8 Å². The van der Waals surface area contributed by atoms with Crippen LogP contribution in [-0.4, -0.2) is 61.0 Å². The molecule has 2 rings (SSSR count). The highest BCUT2D eigenvalue weighted by atomic mass is 127. The van der Waals surface area contributed by atoms with Gasteiger partial charge < -0.3 is 15.1 Å². The smallest absolute Gasteiger partial charge is 0.193 e. The van der Waals surface area contributed by atoms with Crippen LogP contribution < -0.4 is 5.32 Å². The average molecular weight is 479 g/mol.